The smallest absolute Gasteiger partial charge is 0.268 e. The van der Waals surface area contributed by atoms with E-state index in [0.717, 1.165) is 93.3 Å². The van der Waals surface area contributed by atoms with Crippen LogP contribution in [0.15, 0.2) is 83.9 Å². The van der Waals surface area contributed by atoms with E-state index in [1.807, 2.05) is 61.2 Å². The lowest BCUT2D eigenvalue weighted by molar-refractivity contribution is -0.138. The van der Waals surface area contributed by atoms with Gasteiger partial charge in [0.1, 0.15) is 11.5 Å². The Morgan fingerprint density at radius 2 is 1.75 bits per heavy atom. The van der Waals surface area contributed by atoms with Gasteiger partial charge in [0.2, 0.25) is 5.91 Å². The number of hydrogen-bond acceptors (Lipinski definition) is 10. The summed E-state index contributed by atoms with van der Waals surface area (Å²) in [4.78, 5) is 38.4. The number of benzene rings is 3. The average molecular weight is 839 g/mol. The number of pyridine rings is 1. The zero-order chi connectivity index (χ0) is 41.1. The van der Waals surface area contributed by atoms with Crippen LogP contribution in [0.25, 0.3) is 6.08 Å². The van der Waals surface area contributed by atoms with Crippen LogP contribution in [0.2, 0.25) is 5.02 Å². The number of piperazine rings is 1. The third kappa shape index (κ3) is 9.59. The molecule has 2 saturated heterocycles. The number of anilines is 2. The molecule has 2 N–H and O–H groups in total. The predicted molar refractivity (Wildman–Crippen MR) is 230 cm³/mol. The summed E-state index contributed by atoms with van der Waals surface area (Å²) in [5.41, 5.74) is 5.94. The maximum Gasteiger partial charge on any atom is 0.268 e. The first-order valence-corrected chi connectivity index (χ1v) is 22.4. The summed E-state index contributed by atoms with van der Waals surface area (Å²) in [5.74, 6) is 0.409. The minimum absolute atomic E-state index is 0.0213. The van der Waals surface area contributed by atoms with Crippen molar-refractivity contribution in [2.75, 3.05) is 62.7 Å². The molecule has 8 rings (SSSR count). The first-order valence-electron chi connectivity index (χ1n) is 20.5. The molecule has 0 spiro atoms. The molecule has 3 aromatic carbocycles. The number of halogens is 1. The van der Waals surface area contributed by atoms with Crippen molar-refractivity contribution in [2.24, 2.45) is 11.8 Å². The third-order valence-corrected chi connectivity index (χ3v) is 13.3. The minimum Gasteiger partial charge on any atom is -0.455 e. The van der Waals surface area contributed by atoms with Crippen molar-refractivity contribution in [1.29, 1.82) is 0 Å². The lowest BCUT2D eigenvalue weighted by atomic mass is 9.92. The molecular formula is C45H51ClN6O6S. The fraction of sp³-hybridized carbons (Fsp3) is 0.400. The van der Waals surface area contributed by atoms with Crippen LogP contribution in [0, 0.1) is 11.8 Å². The zero-order valence-corrected chi connectivity index (χ0v) is 35.1. The van der Waals surface area contributed by atoms with Gasteiger partial charge in [-0.2, -0.15) is 0 Å². The van der Waals surface area contributed by atoms with Gasteiger partial charge in [-0.1, -0.05) is 43.7 Å². The number of fused-ring (bicyclic) bond motifs is 2. The zero-order valence-electron chi connectivity index (χ0n) is 33.5. The monoisotopic (exact) mass is 838 g/mol. The summed E-state index contributed by atoms with van der Waals surface area (Å²) in [6.45, 7) is 10.5. The van der Waals surface area contributed by atoms with E-state index >= 15 is 0 Å². The quantitative estimate of drug-likeness (QED) is 0.157. The van der Waals surface area contributed by atoms with Crippen LogP contribution in [0.5, 0.6) is 11.5 Å². The standard InChI is InChI=1S/C45H51ClN6O6S/c1-30(2)45(54)52-28-33-6-7-35(46)22-34(33)23-38(52)29-50-16-18-51(19-17-50)37-10-13-41(43(25-37)58-39-24-32-4-3-5-42(32)48-27-39)44(53)49-59(55,56)40-11-8-36(9-12-40)47-26-31-14-20-57-21-15-31/h3-4,6-13,22,24-25,27,30-31,38,47H,5,14-21,23,26,28-29H2,1-2H3,(H,49,53)/t38-/m0/s1. The molecule has 0 bridgehead atoms. The number of aromatic nitrogens is 1. The fourth-order valence-electron chi connectivity index (χ4n) is 8.32. The highest BCUT2D eigenvalue weighted by molar-refractivity contribution is 7.90. The Morgan fingerprint density at radius 1 is 0.966 bits per heavy atom. The second-order valence-electron chi connectivity index (χ2n) is 16.2. The van der Waals surface area contributed by atoms with Gasteiger partial charge >= 0.3 is 0 Å². The van der Waals surface area contributed by atoms with E-state index in [1.54, 1.807) is 30.5 Å². The van der Waals surface area contributed by atoms with E-state index in [-0.39, 0.29) is 34.1 Å². The Hall–Kier alpha value is -4.95. The molecule has 2 amide bonds. The molecule has 1 aromatic heterocycles. The number of sulfonamides is 1. The van der Waals surface area contributed by atoms with Crippen molar-refractivity contribution in [2.45, 2.75) is 57.0 Å². The predicted octanol–water partition coefficient (Wildman–Crippen LogP) is 6.79. The molecule has 4 heterocycles. The van der Waals surface area contributed by atoms with Gasteiger partial charge < -0.3 is 24.6 Å². The van der Waals surface area contributed by atoms with E-state index in [2.05, 4.69) is 24.8 Å². The highest BCUT2D eigenvalue weighted by atomic mass is 35.5. The van der Waals surface area contributed by atoms with Gasteiger partial charge in [-0.3, -0.25) is 19.5 Å². The SMILES string of the molecule is CC(C)C(=O)N1Cc2ccc(Cl)cc2C[C@H]1CN1CCN(c2ccc(C(=O)NS(=O)(=O)c3ccc(NCC4CCOCC4)cc3)c(Oc3cnc4c(c3)C=CC4)c2)CC1. The van der Waals surface area contributed by atoms with Gasteiger partial charge in [0.15, 0.2) is 0 Å². The molecule has 4 aromatic rings. The van der Waals surface area contributed by atoms with E-state index in [1.165, 1.54) is 17.7 Å². The second-order valence-corrected chi connectivity index (χ2v) is 18.3. The maximum atomic E-state index is 13.8. The van der Waals surface area contributed by atoms with Gasteiger partial charge in [0.25, 0.3) is 15.9 Å². The van der Waals surface area contributed by atoms with Crippen molar-refractivity contribution in [3.05, 3.63) is 112 Å². The van der Waals surface area contributed by atoms with E-state index in [9.17, 15) is 18.0 Å². The Labute approximate surface area is 351 Å². The Balaban J connectivity index is 0.964. The third-order valence-electron chi connectivity index (χ3n) is 11.7. The van der Waals surface area contributed by atoms with Crippen LogP contribution >= 0.6 is 11.6 Å². The topological polar surface area (TPSA) is 133 Å². The molecule has 0 saturated carbocycles. The molecule has 12 nitrogen and oxygen atoms in total. The van der Waals surface area contributed by atoms with Gasteiger partial charge in [-0.25, -0.2) is 13.1 Å². The van der Waals surface area contributed by atoms with Gasteiger partial charge in [-0.05, 0) is 96.5 Å². The fourth-order valence-corrected chi connectivity index (χ4v) is 9.48. The molecule has 1 aliphatic carbocycles. The van der Waals surface area contributed by atoms with E-state index in [4.69, 9.17) is 21.1 Å². The number of nitrogens with zero attached hydrogens (tertiary/aromatic N) is 4. The van der Waals surface area contributed by atoms with Crippen molar-refractivity contribution in [3.8, 4) is 11.5 Å². The maximum absolute atomic E-state index is 13.8. The lowest BCUT2D eigenvalue weighted by Crippen LogP contribution is -2.55. The Bertz CT molecular complexity index is 2320. The summed E-state index contributed by atoms with van der Waals surface area (Å²) in [6, 6.07) is 19.5. The van der Waals surface area contributed by atoms with Crippen molar-refractivity contribution in [1.82, 2.24) is 19.5 Å². The average Bonchev–Trinajstić information content (AvgIpc) is 3.71. The number of amides is 2. The summed E-state index contributed by atoms with van der Waals surface area (Å²) in [5, 5.41) is 4.09. The summed E-state index contributed by atoms with van der Waals surface area (Å²) in [6.07, 6.45) is 9.11. The summed E-state index contributed by atoms with van der Waals surface area (Å²) < 4.78 is 41.1. The normalized spacial score (nSPS) is 18.4. The van der Waals surface area contributed by atoms with Gasteiger partial charge in [0, 0.05) is 99.9 Å². The molecule has 0 radical (unpaired) electrons. The number of hydrogen-bond donors (Lipinski definition) is 2. The molecule has 3 aliphatic heterocycles. The van der Waals surface area contributed by atoms with Gasteiger partial charge in [-0.15, -0.1) is 0 Å². The minimum atomic E-state index is -4.21. The number of carbonyl (C=O) groups excluding carboxylic acids is 2. The van der Waals surface area contributed by atoms with Crippen LogP contribution in [0.3, 0.4) is 0 Å². The van der Waals surface area contributed by atoms with Crippen molar-refractivity contribution < 1.29 is 27.5 Å². The molecule has 0 unspecified atom stereocenters. The number of allylic oxidation sites excluding steroid dienone is 1. The molecule has 310 valence electrons. The summed E-state index contributed by atoms with van der Waals surface area (Å²) in [7, 11) is -4.21. The van der Waals surface area contributed by atoms with Crippen LogP contribution in [0.4, 0.5) is 11.4 Å². The van der Waals surface area contributed by atoms with Crippen LogP contribution in [0.1, 0.15) is 59.4 Å². The summed E-state index contributed by atoms with van der Waals surface area (Å²) >= 11 is 6.37. The first-order chi connectivity index (χ1) is 28.5. The van der Waals surface area contributed by atoms with Crippen molar-refractivity contribution in [3.63, 3.8) is 0 Å². The second kappa shape index (κ2) is 17.7. The molecular weight excluding hydrogens is 788 g/mol. The van der Waals surface area contributed by atoms with E-state index in [0.29, 0.717) is 36.3 Å². The number of ether oxygens (including phenoxy) is 2. The highest BCUT2D eigenvalue weighted by Gasteiger charge is 2.33. The largest absolute Gasteiger partial charge is 0.455 e. The first kappa shape index (κ1) is 40.8. The number of rotatable bonds is 12. The molecule has 1 atom stereocenters. The molecule has 59 heavy (non-hydrogen) atoms. The molecule has 14 heteroatoms. The van der Waals surface area contributed by atoms with Crippen LogP contribution in [-0.2, 0) is 38.9 Å². The number of nitrogens with one attached hydrogen (secondary N) is 2. The van der Waals surface area contributed by atoms with E-state index < -0.39 is 15.9 Å². The van der Waals surface area contributed by atoms with Crippen molar-refractivity contribution >= 4 is 50.9 Å². The molecule has 2 fully saturated rings. The Kier molecular flexibility index (Phi) is 12.3. The highest BCUT2D eigenvalue weighted by Crippen LogP contribution is 2.34. The van der Waals surface area contributed by atoms with Crippen LogP contribution in [-0.4, -0.2) is 93.5 Å². The Morgan fingerprint density at radius 3 is 2.51 bits per heavy atom. The van der Waals surface area contributed by atoms with Crippen LogP contribution < -0.4 is 19.7 Å². The number of carbonyl (C=O) groups is 2. The molecule has 4 aliphatic rings. The van der Waals surface area contributed by atoms with Gasteiger partial charge in [0.05, 0.1) is 22.3 Å². The lowest BCUT2D eigenvalue weighted by Gasteiger charge is -2.43.